The highest BCUT2D eigenvalue weighted by atomic mass is 14.6. The van der Waals surface area contributed by atoms with Crippen LogP contribution in [0.1, 0.15) is 6.42 Å². The molecule has 0 heterocycles. The maximum absolute atomic E-state index is 3.76. The molecule has 0 saturated heterocycles. The van der Waals surface area contributed by atoms with E-state index >= 15 is 0 Å². The zero-order valence-corrected chi connectivity index (χ0v) is 5.17. The number of allylic oxidation sites excluding steroid dienone is 3. The Hall–Kier alpha value is -0.850. The third-order valence-electron chi connectivity index (χ3n) is 0.674. The molecule has 0 aromatic rings. The summed E-state index contributed by atoms with van der Waals surface area (Å²) in [5, 5.41) is 0. The Morgan fingerprint density at radius 2 is 2.38 bits per heavy atom. The zero-order valence-electron chi connectivity index (χ0n) is 5.17. The van der Waals surface area contributed by atoms with Crippen LogP contribution in [0.15, 0.2) is 29.8 Å². The molecule has 0 aliphatic rings. The Bertz CT molecular complexity index is 101. The van der Waals surface area contributed by atoms with Crippen molar-refractivity contribution in [3.05, 3.63) is 24.8 Å². The lowest BCUT2D eigenvalue weighted by molar-refractivity contribution is 1.41. The minimum absolute atomic E-state index is 0.923. The Kier molecular flexibility index (Phi) is 5.50. The molecule has 0 saturated carbocycles. The van der Waals surface area contributed by atoms with Crippen LogP contribution in [-0.2, 0) is 0 Å². The summed E-state index contributed by atoms with van der Waals surface area (Å²) in [4.78, 5) is 3.76. The lowest BCUT2D eigenvalue weighted by atomic mass is 10.4. The number of hydrogen-bond donors (Lipinski definition) is 0. The van der Waals surface area contributed by atoms with Gasteiger partial charge in [0.25, 0.3) is 0 Å². The van der Waals surface area contributed by atoms with Gasteiger partial charge in [-0.1, -0.05) is 12.2 Å². The summed E-state index contributed by atoms with van der Waals surface area (Å²) in [5.74, 6) is 0. The summed E-state index contributed by atoms with van der Waals surface area (Å²) in [7, 11) is 1.75. The minimum Gasteiger partial charge on any atom is -0.297 e. The van der Waals surface area contributed by atoms with E-state index in [4.69, 9.17) is 0 Å². The molecule has 0 amide bonds. The highest BCUT2D eigenvalue weighted by molar-refractivity contribution is 5.70. The Balaban J connectivity index is 3.19. The second-order valence-electron chi connectivity index (χ2n) is 1.36. The van der Waals surface area contributed by atoms with Gasteiger partial charge in [0.2, 0.25) is 0 Å². The van der Waals surface area contributed by atoms with E-state index in [0.717, 1.165) is 6.42 Å². The van der Waals surface area contributed by atoms with Gasteiger partial charge in [0.05, 0.1) is 0 Å². The molecule has 0 unspecified atom stereocenters. The Labute approximate surface area is 50.4 Å². The predicted octanol–water partition coefficient (Wildman–Crippen LogP) is 1.82. The number of nitrogens with zero attached hydrogens (tertiary/aromatic N) is 1. The van der Waals surface area contributed by atoms with E-state index in [-0.39, 0.29) is 0 Å². The molecule has 0 aliphatic heterocycles. The monoisotopic (exact) mass is 109 g/mol. The average Bonchev–Trinajstić information content (AvgIpc) is 1.81. The Morgan fingerprint density at radius 3 is 2.88 bits per heavy atom. The van der Waals surface area contributed by atoms with Gasteiger partial charge in [-0.2, -0.15) is 0 Å². The zero-order chi connectivity index (χ0) is 6.24. The summed E-state index contributed by atoms with van der Waals surface area (Å²) in [5.41, 5.74) is 0. The highest BCUT2D eigenvalue weighted by Gasteiger charge is 1.62. The summed E-state index contributed by atoms with van der Waals surface area (Å²) >= 11 is 0. The third-order valence-corrected chi connectivity index (χ3v) is 0.674. The summed E-state index contributed by atoms with van der Waals surface area (Å²) < 4.78 is 0. The van der Waals surface area contributed by atoms with Crippen molar-refractivity contribution in [2.75, 3.05) is 7.05 Å². The smallest absolute Gasteiger partial charge is 0.0277 e. The number of rotatable bonds is 3. The largest absolute Gasteiger partial charge is 0.297 e. The van der Waals surface area contributed by atoms with Crippen LogP contribution in [0.4, 0.5) is 0 Å². The van der Waals surface area contributed by atoms with Crippen molar-refractivity contribution in [1.82, 2.24) is 0 Å². The molecule has 0 aliphatic carbocycles. The first kappa shape index (κ1) is 7.15. The van der Waals surface area contributed by atoms with Crippen LogP contribution in [0.3, 0.4) is 0 Å². The first-order valence-corrected chi connectivity index (χ1v) is 2.60. The van der Waals surface area contributed by atoms with Crippen LogP contribution in [0.5, 0.6) is 0 Å². The number of hydrogen-bond acceptors (Lipinski definition) is 1. The minimum atomic E-state index is 0.923. The molecule has 1 heteroatoms. The summed E-state index contributed by atoms with van der Waals surface area (Å²) in [6, 6.07) is 0. The van der Waals surface area contributed by atoms with E-state index in [9.17, 15) is 0 Å². The van der Waals surface area contributed by atoms with Gasteiger partial charge < -0.3 is 0 Å². The molecule has 0 radical (unpaired) electrons. The first-order chi connectivity index (χ1) is 3.91. The van der Waals surface area contributed by atoms with Crippen LogP contribution in [0.2, 0.25) is 0 Å². The van der Waals surface area contributed by atoms with E-state index in [2.05, 4.69) is 11.6 Å². The van der Waals surface area contributed by atoms with Crippen molar-refractivity contribution >= 4 is 6.21 Å². The second-order valence-corrected chi connectivity index (χ2v) is 1.36. The number of aliphatic imine (C=N–C) groups is 1. The van der Waals surface area contributed by atoms with Crippen LogP contribution in [-0.4, -0.2) is 13.3 Å². The maximum atomic E-state index is 3.76. The third kappa shape index (κ3) is 5.15. The molecule has 0 N–H and O–H groups in total. The molecule has 44 valence electrons. The van der Waals surface area contributed by atoms with Gasteiger partial charge in [-0.05, 0) is 12.5 Å². The van der Waals surface area contributed by atoms with Crippen LogP contribution >= 0.6 is 0 Å². The van der Waals surface area contributed by atoms with Gasteiger partial charge in [0.1, 0.15) is 0 Å². The van der Waals surface area contributed by atoms with Crippen LogP contribution in [0, 0.1) is 0 Å². The van der Waals surface area contributed by atoms with Gasteiger partial charge in [0.15, 0.2) is 0 Å². The topological polar surface area (TPSA) is 12.4 Å². The van der Waals surface area contributed by atoms with Crippen molar-refractivity contribution < 1.29 is 0 Å². The van der Waals surface area contributed by atoms with Gasteiger partial charge in [-0.15, -0.1) is 6.58 Å². The first-order valence-electron chi connectivity index (χ1n) is 2.60. The molecule has 1 nitrogen and oxygen atoms in total. The normalized spacial score (nSPS) is 11.1. The lowest BCUT2D eigenvalue weighted by Gasteiger charge is -1.73. The van der Waals surface area contributed by atoms with E-state index in [0.29, 0.717) is 0 Å². The van der Waals surface area contributed by atoms with Crippen LogP contribution in [0.25, 0.3) is 0 Å². The quantitative estimate of drug-likeness (QED) is 0.387. The van der Waals surface area contributed by atoms with Crippen molar-refractivity contribution in [1.29, 1.82) is 0 Å². The molecule has 0 rings (SSSR count). The average molecular weight is 109 g/mol. The fourth-order valence-electron chi connectivity index (χ4n) is 0.322. The van der Waals surface area contributed by atoms with E-state index in [1.54, 1.807) is 13.3 Å². The van der Waals surface area contributed by atoms with Gasteiger partial charge in [-0.25, -0.2) is 0 Å². The van der Waals surface area contributed by atoms with Crippen molar-refractivity contribution in [2.24, 2.45) is 4.99 Å². The van der Waals surface area contributed by atoms with Crippen molar-refractivity contribution in [3.63, 3.8) is 0 Å². The standard InChI is InChI=1S/C7H11N/c1-3-4-5-6-7-8-2/h3,5-7H,1,4H2,2H3/b6-5-,8-7?. The molecule has 0 bridgehead atoms. The highest BCUT2D eigenvalue weighted by Crippen LogP contribution is 1.79. The van der Waals surface area contributed by atoms with E-state index < -0.39 is 0 Å². The molecule has 0 atom stereocenters. The molecular formula is C7H11N. The summed E-state index contributed by atoms with van der Waals surface area (Å²) in [6.45, 7) is 3.56. The summed E-state index contributed by atoms with van der Waals surface area (Å²) in [6.07, 6.45) is 8.43. The Morgan fingerprint density at radius 1 is 1.62 bits per heavy atom. The van der Waals surface area contributed by atoms with Gasteiger partial charge >= 0.3 is 0 Å². The second kappa shape index (κ2) is 6.15. The van der Waals surface area contributed by atoms with E-state index in [1.807, 2.05) is 18.2 Å². The molecule has 8 heavy (non-hydrogen) atoms. The van der Waals surface area contributed by atoms with Crippen molar-refractivity contribution in [3.8, 4) is 0 Å². The van der Waals surface area contributed by atoms with Crippen molar-refractivity contribution in [2.45, 2.75) is 6.42 Å². The molecule has 0 fully saturated rings. The fourth-order valence-corrected chi connectivity index (χ4v) is 0.322. The van der Waals surface area contributed by atoms with Crippen LogP contribution < -0.4 is 0 Å². The van der Waals surface area contributed by atoms with E-state index in [1.165, 1.54) is 0 Å². The fraction of sp³-hybridized carbons (Fsp3) is 0.286. The SMILES string of the molecule is C=CC/C=C\C=NC. The van der Waals surface area contributed by atoms with Gasteiger partial charge in [0, 0.05) is 13.3 Å². The maximum Gasteiger partial charge on any atom is 0.0277 e. The predicted molar refractivity (Wildman–Crippen MR) is 38.4 cm³/mol. The lowest BCUT2D eigenvalue weighted by Crippen LogP contribution is -1.61. The van der Waals surface area contributed by atoms with Gasteiger partial charge in [-0.3, -0.25) is 4.99 Å². The molecule has 0 aromatic heterocycles. The molecule has 0 spiro atoms. The molecule has 0 aromatic carbocycles. The molecular weight excluding hydrogens is 98.1 g/mol.